The van der Waals surface area contributed by atoms with Crippen LogP contribution in [0.1, 0.15) is 75.7 Å². The molecular formula is C25H32N4O3. The lowest BCUT2D eigenvalue weighted by molar-refractivity contribution is -0.139. The van der Waals surface area contributed by atoms with Gasteiger partial charge in [-0.3, -0.25) is 24.0 Å². The average molecular weight is 437 g/mol. The number of amides is 1. The maximum atomic E-state index is 13.3. The first kappa shape index (κ1) is 21.3. The van der Waals surface area contributed by atoms with E-state index in [0.29, 0.717) is 34.9 Å². The van der Waals surface area contributed by atoms with Crippen molar-refractivity contribution in [1.29, 1.82) is 0 Å². The number of carbonyl (C=O) groups excluding carboxylic acids is 3. The molecule has 1 saturated heterocycles. The van der Waals surface area contributed by atoms with Gasteiger partial charge in [0, 0.05) is 31.0 Å². The molecule has 1 amide bonds. The van der Waals surface area contributed by atoms with Crippen molar-refractivity contribution in [3.8, 4) is 0 Å². The Morgan fingerprint density at radius 2 is 2.00 bits per heavy atom. The third-order valence-corrected chi connectivity index (χ3v) is 7.78. The van der Waals surface area contributed by atoms with Gasteiger partial charge in [0.25, 0.3) is 0 Å². The van der Waals surface area contributed by atoms with E-state index in [1.165, 1.54) is 32.6 Å². The lowest BCUT2D eigenvalue weighted by Gasteiger charge is -2.29. The number of hydrogen-bond donors (Lipinski definition) is 0. The zero-order valence-electron chi connectivity index (χ0n) is 19.0. The van der Waals surface area contributed by atoms with Gasteiger partial charge in [-0.2, -0.15) is 5.10 Å². The summed E-state index contributed by atoms with van der Waals surface area (Å²) in [4.78, 5) is 44.5. The van der Waals surface area contributed by atoms with Crippen LogP contribution in [0.3, 0.4) is 0 Å². The average Bonchev–Trinajstić information content (AvgIpc) is 3.28. The summed E-state index contributed by atoms with van der Waals surface area (Å²) in [5.74, 6) is 1.88. The number of likely N-dealkylation sites (tertiary alicyclic amines) is 1. The number of aromatic nitrogens is 3. The van der Waals surface area contributed by atoms with E-state index in [1.54, 1.807) is 23.1 Å². The van der Waals surface area contributed by atoms with Crippen molar-refractivity contribution in [1.82, 2.24) is 19.7 Å². The van der Waals surface area contributed by atoms with Crippen molar-refractivity contribution in [3.05, 3.63) is 24.2 Å². The highest BCUT2D eigenvalue weighted by molar-refractivity contribution is 6.04. The van der Waals surface area contributed by atoms with Crippen molar-refractivity contribution < 1.29 is 14.4 Å². The molecule has 5 rings (SSSR count). The van der Waals surface area contributed by atoms with Crippen molar-refractivity contribution in [3.63, 3.8) is 0 Å². The van der Waals surface area contributed by atoms with E-state index in [9.17, 15) is 14.4 Å². The topological polar surface area (TPSA) is 85.2 Å². The number of hydrogen-bond acceptors (Lipinski definition) is 5. The molecule has 0 N–H and O–H groups in total. The monoisotopic (exact) mass is 436 g/mol. The van der Waals surface area contributed by atoms with Gasteiger partial charge in [-0.1, -0.05) is 26.2 Å². The number of fused-ring (bicyclic) bond motifs is 2. The van der Waals surface area contributed by atoms with Crippen LogP contribution >= 0.6 is 0 Å². The quantitative estimate of drug-likeness (QED) is 0.617. The summed E-state index contributed by atoms with van der Waals surface area (Å²) in [7, 11) is 0. The molecule has 0 radical (unpaired) electrons. The molecule has 3 aliphatic rings. The van der Waals surface area contributed by atoms with E-state index < -0.39 is 0 Å². The fraction of sp³-hybridized carbons (Fsp3) is 0.640. The lowest BCUT2D eigenvalue weighted by atomic mass is 9.79. The molecule has 5 atom stereocenters. The van der Waals surface area contributed by atoms with Crippen molar-refractivity contribution >= 4 is 28.4 Å². The van der Waals surface area contributed by atoms with E-state index in [2.05, 4.69) is 17.0 Å². The van der Waals surface area contributed by atoms with Crippen molar-refractivity contribution in [2.45, 2.75) is 83.8 Å². The summed E-state index contributed by atoms with van der Waals surface area (Å²) in [6.07, 6.45) is 11.6. The Morgan fingerprint density at radius 1 is 1.16 bits per heavy atom. The Kier molecular flexibility index (Phi) is 5.59. The molecule has 170 valence electrons. The molecule has 2 aromatic heterocycles. The number of piperidine rings is 1. The van der Waals surface area contributed by atoms with E-state index in [1.807, 2.05) is 4.90 Å². The minimum atomic E-state index is -0.292. The Bertz CT molecular complexity index is 1060. The number of ketones is 2. The second-order valence-electron chi connectivity index (χ2n) is 10.2. The number of rotatable bonds is 7. The van der Waals surface area contributed by atoms with Crippen LogP contribution in [0.25, 0.3) is 10.9 Å². The largest absolute Gasteiger partial charge is 0.328 e. The maximum absolute atomic E-state index is 13.3. The first-order valence-corrected chi connectivity index (χ1v) is 12.1. The van der Waals surface area contributed by atoms with Crippen LogP contribution in [-0.4, -0.2) is 49.2 Å². The molecule has 32 heavy (non-hydrogen) atoms. The highest BCUT2D eigenvalue weighted by Crippen LogP contribution is 2.48. The molecule has 2 aromatic rings. The molecule has 7 heteroatoms. The van der Waals surface area contributed by atoms with Crippen LogP contribution in [0.4, 0.5) is 0 Å². The van der Waals surface area contributed by atoms with Gasteiger partial charge in [-0.05, 0) is 49.5 Å². The first-order valence-electron chi connectivity index (χ1n) is 12.1. The number of nitrogens with zero attached hydrogens (tertiary/aromatic N) is 4. The van der Waals surface area contributed by atoms with Crippen LogP contribution < -0.4 is 0 Å². The van der Waals surface area contributed by atoms with E-state index in [-0.39, 0.29) is 36.1 Å². The molecule has 2 unspecified atom stereocenters. The van der Waals surface area contributed by atoms with Gasteiger partial charge >= 0.3 is 0 Å². The highest BCUT2D eigenvalue weighted by atomic mass is 16.2. The van der Waals surface area contributed by atoms with Crippen LogP contribution in [0.5, 0.6) is 0 Å². The minimum Gasteiger partial charge on any atom is -0.328 e. The summed E-state index contributed by atoms with van der Waals surface area (Å²) < 4.78 is 1.57. The summed E-state index contributed by atoms with van der Waals surface area (Å²) in [6.45, 7) is 3.82. The third-order valence-electron chi connectivity index (χ3n) is 7.78. The number of pyridine rings is 1. The lowest BCUT2D eigenvalue weighted by Crippen LogP contribution is -2.44. The van der Waals surface area contributed by atoms with Gasteiger partial charge in [0.05, 0.1) is 17.8 Å². The SMILES string of the molecule is CC(=O)c1nn(CC(=O)N2[C@@H]3C[C@@H]3C[C@H]2C(=O)CCC2CCCC(C)C2)c2cnccc12. The highest BCUT2D eigenvalue weighted by Gasteiger charge is 2.55. The predicted octanol–water partition coefficient (Wildman–Crippen LogP) is 3.80. The van der Waals surface area contributed by atoms with E-state index in [0.717, 1.165) is 25.2 Å². The molecule has 0 aromatic carbocycles. The molecule has 1 aliphatic heterocycles. The number of Topliss-reactive ketones (excluding diaryl/α,β-unsaturated/α-hetero) is 2. The standard InChI is InChI=1S/C25H32N4O3/c1-15-4-3-5-17(10-15)6-7-23(31)21-12-18-11-20(18)29(21)24(32)14-28-22-13-26-9-8-19(22)25(27-28)16(2)30/h8-9,13,15,17-18,20-21H,3-7,10-12,14H2,1-2H3/t15?,17?,18-,20-,21+/m1/s1. The second kappa shape index (κ2) is 8.41. The second-order valence-corrected chi connectivity index (χ2v) is 10.2. The van der Waals surface area contributed by atoms with E-state index in [4.69, 9.17) is 0 Å². The zero-order chi connectivity index (χ0) is 22.4. The fourth-order valence-corrected chi connectivity index (χ4v) is 6.05. The van der Waals surface area contributed by atoms with Gasteiger partial charge in [0.2, 0.25) is 5.91 Å². The minimum absolute atomic E-state index is 0.0304. The molecule has 2 saturated carbocycles. The number of carbonyl (C=O) groups is 3. The Morgan fingerprint density at radius 3 is 2.78 bits per heavy atom. The van der Waals surface area contributed by atoms with Gasteiger partial charge in [-0.25, -0.2) is 0 Å². The Balaban J connectivity index is 1.28. The van der Waals surface area contributed by atoms with Crippen LogP contribution in [0.15, 0.2) is 18.5 Å². The van der Waals surface area contributed by atoms with Crippen molar-refractivity contribution in [2.75, 3.05) is 0 Å². The predicted molar refractivity (Wildman–Crippen MR) is 120 cm³/mol. The van der Waals surface area contributed by atoms with Gasteiger partial charge in [0.15, 0.2) is 11.6 Å². The molecular weight excluding hydrogens is 404 g/mol. The Labute approximate surface area is 188 Å². The van der Waals surface area contributed by atoms with E-state index >= 15 is 0 Å². The third kappa shape index (κ3) is 3.97. The molecule has 3 fully saturated rings. The van der Waals surface area contributed by atoms with Gasteiger partial charge < -0.3 is 4.90 Å². The summed E-state index contributed by atoms with van der Waals surface area (Å²) in [6, 6.07) is 1.66. The van der Waals surface area contributed by atoms with Crippen molar-refractivity contribution in [2.24, 2.45) is 17.8 Å². The Hall–Kier alpha value is -2.57. The summed E-state index contributed by atoms with van der Waals surface area (Å²) in [5.41, 5.74) is 1.03. The molecule has 2 aliphatic carbocycles. The van der Waals surface area contributed by atoms with Gasteiger partial charge in [-0.15, -0.1) is 0 Å². The fourth-order valence-electron chi connectivity index (χ4n) is 6.05. The zero-order valence-corrected chi connectivity index (χ0v) is 19.0. The van der Waals surface area contributed by atoms with Crippen LogP contribution in [-0.2, 0) is 16.1 Å². The normalized spacial score (nSPS) is 29.2. The summed E-state index contributed by atoms with van der Waals surface area (Å²) in [5, 5.41) is 5.12. The smallest absolute Gasteiger partial charge is 0.245 e. The molecule has 0 bridgehead atoms. The van der Waals surface area contributed by atoms with Crippen LogP contribution in [0, 0.1) is 17.8 Å². The summed E-state index contributed by atoms with van der Waals surface area (Å²) >= 11 is 0. The van der Waals surface area contributed by atoms with Gasteiger partial charge in [0.1, 0.15) is 12.2 Å². The molecule has 0 spiro atoms. The first-order chi connectivity index (χ1) is 15.4. The molecule has 7 nitrogen and oxygen atoms in total. The van der Waals surface area contributed by atoms with Crippen LogP contribution in [0.2, 0.25) is 0 Å². The molecule has 3 heterocycles. The maximum Gasteiger partial charge on any atom is 0.245 e.